The van der Waals surface area contributed by atoms with Gasteiger partial charge in [-0.3, -0.25) is 9.97 Å². The molecule has 7 aromatic rings. The third-order valence-electron chi connectivity index (χ3n) is 10.2. The molecule has 0 aliphatic carbocycles. The summed E-state index contributed by atoms with van der Waals surface area (Å²) in [7, 11) is 1.66. The molecule has 0 saturated carbocycles. The number of methoxy groups -OCH3 is 1. The van der Waals surface area contributed by atoms with Crippen molar-refractivity contribution in [3.05, 3.63) is 151 Å². The first kappa shape index (κ1) is 36.0. The van der Waals surface area contributed by atoms with E-state index in [1.54, 1.807) is 56.2 Å². The number of nitrogens with zero attached hydrogens (tertiary/aromatic N) is 6. The van der Waals surface area contributed by atoms with Crippen molar-refractivity contribution < 1.29 is 23.4 Å². The van der Waals surface area contributed by atoms with Gasteiger partial charge in [0.15, 0.2) is 0 Å². The maximum Gasteiger partial charge on any atom is 0.123 e. The molecule has 55 heavy (non-hydrogen) atoms. The molecular formula is C44H40F2N6O3. The number of aryl methyl sites for hydroxylation is 2. The zero-order chi connectivity index (χ0) is 37.7. The number of pyridine rings is 2. The number of hydrogen-bond acceptors (Lipinski definition) is 7. The SMILES string of the molecule is COc1ccc(COC[C@H]2CCc3nc(-c4ccc(F)cc4)c(-c4ccncc4)n32)cc1.OC[C@H]1CCc2nc(-c3ccc(F)cc3)c(-c3ccncc3)n21. The van der Waals surface area contributed by atoms with Crippen molar-refractivity contribution in [1.29, 1.82) is 0 Å². The Labute approximate surface area is 317 Å². The molecule has 0 saturated heterocycles. The van der Waals surface area contributed by atoms with Crippen LogP contribution in [0.1, 0.15) is 42.1 Å². The van der Waals surface area contributed by atoms with Crippen molar-refractivity contribution >= 4 is 0 Å². The van der Waals surface area contributed by atoms with Gasteiger partial charge >= 0.3 is 0 Å². The van der Waals surface area contributed by atoms with E-state index in [2.05, 4.69) is 19.1 Å². The Hall–Kier alpha value is -6.04. The highest BCUT2D eigenvalue weighted by Crippen LogP contribution is 2.41. The summed E-state index contributed by atoms with van der Waals surface area (Å²) in [5.41, 5.74) is 8.61. The maximum atomic E-state index is 13.5. The number of rotatable bonds is 10. The smallest absolute Gasteiger partial charge is 0.123 e. The van der Waals surface area contributed by atoms with Gasteiger partial charge in [0, 0.05) is 59.9 Å². The summed E-state index contributed by atoms with van der Waals surface area (Å²) in [5, 5.41) is 9.69. The fourth-order valence-corrected chi connectivity index (χ4v) is 7.50. The van der Waals surface area contributed by atoms with Crippen LogP contribution < -0.4 is 4.74 Å². The van der Waals surface area contributed by atoms with Gasteiger partial charge in [-0.2, -0.15) is 0 Å². The van der Waals surface area contributed by atoms with E-state index in [1.807, 2.05) is 48.5 Å². The number of hydrogen-bond donors (Lipinski definition) is 1. The number of ether oxygens (including phenoxy) is 2. The van der Waals surface area contributed by atoms with Crippen molar-refractivity contribution in [3.8, 4) is 50.8 Å². The number of benzene rings is 3. The van der Waals surface area contributed by atoms with Gasteiger partial charge in [-0.15, -0.1) is 0 Å². The van der Waals surface area contributed by atoms with Gasteiger partial charge in [0.25, 0.3) is 0 Å². The Balaban J connectivity index is 0.000000164. The van der Waals surface area contributed by atoms with E-state index in [9.17, 15) is 13.9 Å². The van der Waals surface area contributed by atoms with Crippen LogP contribution in [0.25, 0.3) is 45.0 Å². The molecule has 2 aliphatic heterocycles. The lowest BCUT2D eigenvalue weighted by molar-refractivity contribution is 0.0925. The lowest BCUT2D eigenvalue weighted by Crippen LogP contribution is -2.13. The minimum Gasteiger partial charge on any atom is -0.497 e. The minimum atomic E-state index is -0.265. The second-order valence-corrected chi connectivity index (χ2v) is 13.6. The third-order valence-corrected chi connectivity index (χ3v) is 10.2. The Bertz CT molecular complexity index is 2350. The monoisotopic (exact) mass is 738 g/mol. The van der Waals surface area contributed by atoms with Gasteiger partial charge < -0.3 is 23.7 Å². The third kappa shape index (κ3) is 7.53. The number of imidazole rings is 2. The summed E-state index contributed by atoms with van der Waals surface area (Å²) in [6.45, 7) is 1.22. The van der Waals surface area contributed by atoms with Crippen molar-refractivity contribution in [3.63, 3.8) is 0 Å². The number of fused-ring (bicyclic) bond motifs is 2. The molecule has 11 heteroatoms. The average molecular weight is 739 g/mol. The second-order valence-electron chi connectivity index (χ2n) is 13.6. The number of aliphatic hydroxyl groups is 1. The quantitative estimate of drug-likeness (QED) is 0.150. The Morgan fingerprint density at radius 1 is 0.618 bits per heavy atom. The molecule has 2 aliphatic rings. The first-order chi connectivity index (χ1) is 27.0. The van der Waals surface area contributed by atoms with Crippen LogP contribution in [0.3, 0.4) is 0 Å². The highest BCUT2D eigenvalue weighted by molar-refractivity contribution is 5.80. The van der Waals surface area contributed by atoms with Gasteiger partial charge in [0.2, 0.25) is 0 Å². The molecule has 0 bridgehead atoms. The summed E-state index contributed by atoms with van der Waals surface area (Å²) in [6, 6.07) is 28.9. The molecule has 0 fully saturated rings. The summed E-state index contributed by atoms with van der Waals surface area (Å²) in [6.07, 6.45) is 10.6. The molecule has 0 amide bonds. The molecule has 9 rings (SSSR count). The van der Waals surface area contributed by atoms with Crippen LogP contribution in [0.2, 0.25) is 0 Å². The molecular weight excluding hydrogens is 699 g/mol. The molecule has 0 unspecified atom stereocenters. The standard InChI is InChI=1S/C26H24FN3O2.C18H16FN3O/c1-31-23-9-2-18(3-10-23)16-32-17-22-8-11-24-29-25(19-4-6-21(27)7-5-19)26(30(22)24)20-12-14-28-15-13-20;19-14-3-1-12(2-4-14)17-18(13-7-9-20-10-8-13)22-15(11-23)5-6-16(22)21-17/h2-7,9-10,12-15,22H,8,11,16-17H2,1H3;1-4,7-10,15,23H,5-6,11H2/t22-;15-/m11/s1. The molecule has 6 heterocycles. The Kier molecular flexibility index (Phi) is 10.6. The van der Waals surface area contributed by atoms with E-state index in [1.165, 1.54) is 24.3 Å². The summed E-state index contributed by atoms with van der Waals surface area (Å²) < 4.78 is 42.5. The van der Waals surface area contributed by atoms with Crippen molar-refractivity contribution in [2.45, 2.75) is 44.4 Å². The van der Waals surface area contributed by atoms with Crippen LogP contribution in [0, 0.1) is 11.6 Å². The summed E-state index contributed by atoms with van der Waals surface area (Å²) in [5.74, 6) is 2.32. The average Bonchev–Trinajstić information content (AvgIpc) is 4.01. The lowest BCUT2D eigenvalue weighted by Gasteiger charge is -2.18. The Morgan fingerprint density at radius 3 is 1.56 bits per heavy atom. The lowest BCUT2D eigenvalue weighted by atomic mass is 10.0. The Morgan fingerprint density at radius 2 is 1.09 bits per heavy atom. The predicted molar refractivity (Wildman–Crippen MR) is 206 cm³/mol. The van der Waals surface area contributed by atoms with Crippen LogP contribution in [0.5, 0.6) is 5.75 Å². The molecule has 9 nitrogen and oxygen atoms in total. The van der Waals surface area contributed by atoms with Crippen LogP contribution >= 0.6 is 0 Å². The predicted octanol–water partition coefficient (Wildman–Crippen LogP) is 8.69. The van der Waals surface area contributed by atoms with Crippen molar-refractivity contribution in [2.75, 3.05) is 20.3 Å². The first-order valence-electron chi connectivity index (χ1n) is 18.4. The van der Waals surface area contributed by atoms with Gasteiger partial charge in [0.05, 0.1) is 61.8 Å². The maximum absolute atomic E-state index is 13.5. The van der Waals surface area contributed by atoms with E-state index in [0.29, 0.717) is 13.2 Å². The number of aliphatic hydroxyl groups excluding tert-OH is 1. The fourth-order valence-electron chi connectivity index (χ4n) is 7.50. The largest absolute Gasteiger partial charge is 0.497 e. The van der Waals surface area contributed by atoms with Gasteiger partial charge in [0.1, 0.15) is 29.0 Å². The molecule has 2 atom stereocenters. The molecule has 278 valence electrons. The van der Waals surface area contributed by atoms with Crippen LogP contribution in [0.15, 0.2) is 122 Å². The minimum absolute atomic E-state index is 0.0369. The molecule has 0 radical (unpaired) electrons. The van der Waals surface area contributed by atoms with E-state index in [0.717, 1.165) is 93.7 Å². The van der Waals surface area contributed by atoms with Gasteiger partial charge in [-0.25, -0.2) is 18.7 Å². The first-order valence-corrected chi connectivity index (χ1v) is 18.4. The topological polar surface area (TPSA) is 100 Å². The van der Waals surface area contributed by atoms with Crippen molar-refractivity contribution in [1.82, 2.24) is 29.1 Å². The van der Waals surface area contributed by atoms with Crippen LogP contribution in [-0.4, -0.2) is 54.5 Å². The van der Waals surface area contributed by atoms with Gasteiger partial charge in [-0.1, -0.05) is 12.1 Å². The normalized spacial score (nSPS) is 15.6. The summed E-state index contributed by atoms with van der Waals surface area (Å²) >= 11 is 0. The zero-order valence-electron chi connectivity index (χ0n) is 30.4. The number of aromatic nitrogens is 6. The fraction of sp³-hybridized carbons (Fsp3) is 0.227. The van der Waals surface area contributed by atoms with Gasteiger partial charge in [-0.05, 0) is 103 Å². The van der Waals surface area contributed by atoms with Crippen molar-refractivity contribution in [2.24, 2.45) is 0 Å². The molecule has 3 aromatic carbocycles. The zero-order valence-corrected chi connectivity index (χ0v) is 30.4. The number of halogens is 2. The van der Waals surface area contributed by atoms with E-state index < -0.39 is 0 Å². The van der Waals surface area contributed by atoms with Crippen LogP contribution in [-0.2, 0) is 24.2 Å². The molecule has 1 N–H and O–H groups in total. The second kappa shape index (κ2) is 16.1. The highest BCUT2D eigenvalue weighted by Gasteiger charge is 2.31. The van der Waals surface area contributed by atoms with Crippen LogP contribution in [0.4, 0.5) is 8.78 Å². The summed E-state index contributed by atoms with van der Waals surface area (Å²) in [4.78, 5) is 18.0. The molecule has 0 spiro atoms. The van der Waals surface area contributed by atoms with E-state index in [-0.39, 0.29) is 30.3 Å². The highest BCUT2D eigenvalue weighted by atomic mass is 19.1. The van der Waals surface area contributed by atoms with E-state index in [4.69, 9.17) is 19.4 Å². The molecule has 4 aromatic heterocycles. The van der Waals surface area contributed by atoms with E-state index >= 15 is 0 Å².